The van der Waals surface area contributed by atoms with Crippen LogP contribution in [0.5, 0.6) is 0 Å². The van der Waals surface area contributed by atoms with Crippen molar-refractivity contribution in [2.75, 3.05) is 32.5 Å². The van der Waals surface area contributed by atoms with Gasteiger partial charge < -0.3 is 4.48 Å². The van der Waals surface area contributed by atoms with Crippen molar-refractivity contribution < 1.29 is 4.48 Å². The van der Waals surface area contributed by atoms with Gasteiger partial charge in [0.2, 0.25) is 0 Å². The van der Waals surface area contributed by atoms with Gasteiger partial charge in [0.05, 0.1) is 27.2 Å². The maximum Gasteiger partial charge on any atom is 0.0782 e. The monoisotopic (exact) mass is 236 g/mol. The van der Waals surface area contributed by atoms with E-state index in [1.165, 1.54) is 43.3 Å². The number of nitrogens with zero attached hydrogens (tertiary/aromatic N) is 1. The van der Waals surface area contributed by atoms with Gasteiger partial charge in [-0.15, -0.1) is 0 Å². The van der Waals surface area contributed by atoms with Gasteiger partial charge in [0.1, 0.15) is 0 Å². The molecular weight excluding hydrogens is 214 g/mol. The maximum absolute atomic E-state index is 3.46. The van der Waals surface area contributed by atoms with Gasteiger partial charge in [0.15, 0.2) is 0 Å². The summed E-state index contributed by atoms with van der Waals surface area (Å²) < 4.78 is 1.20. The fraction of sp³-hybridized carbons (Fsp3) is 1.00. The highest BCUT2D eigenvalue weighted by molar-refractivity contribution is 9.09. The van der Waals surface area contributed by atoms with Crippen LogP contribution in [0.4, 0.5) is 0 Å². The normalized spacial score (nSPS) is 12.0. The second kappa shape index (κ2) is 6.90. The Labute approximate surface area is 85.9 Å². The Kier molecular flexibility index (Phi) is 7.16. The summed E-state index contributed by atoms with van der Waals surface area (Å²) in [6.07, 6.45) is 5.34. The predicted octanol–water partition coefficient (Wildman–Crippen LogP) is 3.04. The van der Waals surface area contributed by atoms with Crippen LogP contribution in [-0.2, 0) is 0 Å². The summed E-state index contributed by atoms with van der Waals surface area (Å²) in [5.74, 6) is 0. The van der Waals surface area contributed by atoms with Crippen molar-refractivity contribution >= 4 is 15.9 Å². The van der Waals surface area contributed by atoms with Crippen molar-refractivity contribution in [1.82, 2.24) is 0 Å². The zero-order valence-corrected chi connectivity index (χ0v) is 10.4. The van der Waals surface area contributed by atoms with E-state index in [4.69, 9.17) is 0 Å². The highest BCUT2D eigenvalue weighted by atomic mass is 79.9. The SMILES string of the molecule is CCCC[N+](C)(C)CCCCBr. The summed E-state index contributed by atoms with van der Waals surface area (Å²) in [4.78, 5) is 0. The molecule has 0 bridgehead atoms. The Morgan fingerprint density at radius 3 is 2.08 bits per heavy atom. The molecule has 0 aliphatic heterocycles. The fourth-order valence-corrected chi connectivity index (χ4v) is 1.73. The topological polar surface area (TPSA) is 0 Å². The molecule has 2 heteroatoms. The molecule has 0 N–H and O–H groups in total. The number of halogens is 1. The molecule has 0 radical (unpaired) electrons. The molecule has 0 unspecified atom stereocenters. The fourth-order valence-electron chi connectivity index (χ4n) is 1.33. The number of unbranched alkanes of at least 4 members (excludes halogenated alkanes) is 2. The predicted molar refractivity (Wildman–Crippen MR) is 59.8 cm³/mol. The minimum Gasteiger partial charge on any atom is -0.328 e. The number of hydrogen-bond donors (Lipinski definition) is 0. The standard InChI is InChI=1S/C10H23BrN/c1-4-5-9-12(2,3)10-7-6-8-11/h4-10H2,1-3H3/q+1. The van der Waals surface area contributed by atoms with Crippen LogP contribution >= 0.6 is 15.9 Å². The Morgan fingerprint density at radius 1 is 1.00 bits per heavy atom. The summed E-state index contributed by atoms with van der Waals surface area (Å²) in [7, 11) is 4.67. The molecule has 0 amide bonds. The Bertz CT molecular complexity index is 102. The van der Waals surface area contributed by atoms with E-state index in [1.54, 1.807) is 0 Å². The molecular formula is C10H23BrN+. The molecule has 0 saturated carbocycles. The van der Waals surface area contributed by atoms with Gasteiger partial charge in [-0.1, -0.05) is 29.3 Å². The molecule has 1 nitrogen and oxygen atoms in total. The number of hydrogen-bond acceptors (Lipinski definition) is 0. The summed E-state index contributed by atoms with van der Waals surface area (Å²) in [6.45, 7) is 4.92. The van der Waals surface area contributed by atoms with Gasteiger partial charge >= 0.3 is 0 Å². The molecule has 0 spiro atoms. The zero-order chi connectivity index (χ0) is 9.45. The first-order chi connectivity index (χ1) is 5.62. The van der Waals surface area contributed by atoms with E-state index < -0.39 is 0 Å². The van der Waals surface area contributed by atoms with Gasteiger partial charge in [-0.3, -0.25) is 0 Å². The highest BCUT2D eigenvalue weighted by Crippen LogP contribution is 2.05. The molecule has 0 atom stereocenters. The molecule has 0 saturated heterocycles. The third kappa shape index (κ3) is 7.11. The van der Waals surface area contributed by atoms with Gasteiger partial charge in [-0.05, 0) is 19.3 Å². The zero-order valence-electron chi connectivity index (χ0n) is 8.77. The molecule has 0 aromatic carbocycles. The van der Waals surface area contributed by atoms with Gasteiger partial charge in [0, 0.05) is 5.33 Å². The second-order valence-corrected chi connectivity index (χ2v) is 4.93. The highest BCUT2D eigenvalue weighted by Gasteiger charge is 2.12. The van der Waals surface area contributed by atoms with Crippen LogP contribution in [0.25, 0.3) is 0 Å². The lowest BCUT2D eigenvalue weighted by Crippen LogP contribution is -2.41. The molecule has 0 rings (SSSR count). The summed E-state index contributed by atoms with van der Waals surface area (Å²) in [6, 6.07) is 0. The lowest BCUT2D eigenvalue weighted by Gasteiger charge is -2.29. The minimum atomic E-state index is 1.15. The van der Waals surface area contributed by atoms with Crippen molar-refractivity contribution in [3.63, 3.8) is 0 Å². The van der Waals surface area contributed by atoms with Crippen LogP contribution in [-0.4, -0.2) is 37.0 Å². The third-order valence-electron chi connectivity index (χ3n) is 2.26. The van der Waals surface area contributed by atoms with E-state index >= 15 is 0 Å². The lowest BCUT2D eigenvalue weighted by atomic mass is 10.2. The van der Waals surface area contributed by atoms with Gasteiger partial charge in [0.25, 0.3) is 0 Å². The number of rotatable bonds is 7. The average Bonchev–Trinajstić information content (AvgIpc) is 2.01. The van der Waals surface area contributed by atoms with E-state index in [9.17, 15) is 0 Å². The van der Waals surface area contributed by atoms with Crippen molar-refractivity contribution in [2.24, 2.45) is 0 Å². The van der Waals surface area contributed by atoms with E-state index in [2.05, 4.69) is 36.9 Å². The molecule has 0 aliphatic carbocycles. The molecule has 0 aromatic rings. The Hall–Kier alpha value is 0.440. The van der Waals surface area contributed by atoms with Crippen molar-refractivity contribution in [3.8, 4) is 0 Å². The van der Waals surface area contributed by atoms with E-state index in [1.807, 2.05) is 0 Å². The smallest absolute Gasteiger partial charge is 0.0782 e. The van der Waals surface area contributed by atoms with E-state index in [0.717, 1.165) is 5.33 Å². The first kappa shape index (κ1) is 12.4. The van der Waals surface area contributed by atoms with Crippen molar-refractivity contribution in [2.45, 2.75) is 32.6 Å². The molecule has 0 aromatic heterocycles. The molecule has 74 valence electrons. The first-order valence-electron chi connectivity index (χ1n) is 5.00. The van der Waals surface area contributed by atoms with Crippen LogP contribution in [0.2, 0.25) is 0 Å². The van der Waals surface area contributed by atoms with E-state index in [-0.39, 0.29) is 0 Å². The Balaban J connectivity index is 3.42. The third-order valence-corrected chi connectivity index (χ3v) is 2.82. The number of quaternary nitrogens is 1. The largest absolute Gasteiger partial charge is 0.328 e. The van der Waals surface area contributed by atoms with Crippen LogP contribution < -0.4 is 0 Å². The lowest BCUT2D eigenvalue weighted by molar-refractivity contribution is -0.890. The van der Waals surface area contributed by atoms with Crippen LogP contribution in [0.15, 0.2) is 0 Å². The summed E-state index contributed by atoms with van der Waals surface area (Å²) in [5, 5.41) is 1.15. The second-order valence-electron chi connectivity index (χ2n) is 4.13. The molecule has 0 fully saturated rings. The summed E-state index contributed by atoms with van der Waals surface area (Å²) >= 11 is 3.46. The van der Waals surface area contributed by atoms with E-state index in [0.29, 0.717) is 0 Å². The molecule has 0 aliphatic rings. The molecule has 0 heterocycles. The van der Waals surface area contributed by atoms with Crippen LogP contribution in [0.1, 0.15) is 32.6 Å². The minimum absolute atomic E-state index is 1.15. The van der Waals surface area contributed by atoms with Gasteiger partial charge in [-0.2, -0.15) is 0 Å². The van der Waals surface area contributed by atoms with Crippen molar-refractivity contribution in [3.05, 3.63) is 0 Å². The van der Waals surface area contributed by atoms with Crippen molar-refractivity contribution in [1.29, 1.82) is 0 Å². The maximum atomic E-state index is 3.46. The van der Waals surface area contributed by atoms with Crippen LogP contribution in [0, 0.1) is 0 Å². The molecule has 12 heavy (non-hydrogen) atoms. The first-order valence-corrected chi connectivity index (χ1v) is 6.12. The van der Waals surface area contributed by atoms with Gasteiger partial charge in [-0.25, -0.2) is 0 Å². The quantitative estimate of drug-likeness (QED) is 0.362. The number of alkyl halides is 1. The summed E-state index contributed by atoms with van der Waals surface area (Å²) in [5.41, 5.74) is 0. The van der Waals surface area contributed by atoms with Crippen LogP contribution in [0.3, 0.4) is 0 Å². The Morgan fingerprint density at radius 2 is 1.58 bits per heavy atom. The average molecular weight is 237 g/mol.